The second kappa shape index (κ2) is 8.47. The van der Waals surface area contributed by atoms with Crippen molar-refractivity contribution in [3.63, 3.8) is 0 Å². The highest BCUT2D eigenvalue weighted by atomic mass is 32.2. The van der Waals surface area contributed by atoms with E-state index >= 15 is 0 Å². The van der Waals surface area contributed by atoms with Gasteiger partial charge in [0, 0.05) is 30.0 Å². The standard InChI is InChI=1S/C20H25NO4S/c1-5-25-20-11-8-17(15(3)22)12-18(20)13-21-14(2)16-6-9-19(10-7-16)26(4,23)24/h6-12,14,21H,5,13H2,1-4H3/t14-/m1/s1. The maximum absolute atomic E-state index is 11.6. The maximum atomic E-state index is 11.6. The molecule has 0 radical (unpaired) electrons. The summed E-state index contributed by atoms with van der Waals surface area (Å²) in [6.07, 6.45) is 1.20. The molecule has 0 unspecified atom stereocenters. The average Bonchev–Trinajstić information content (AvgIpc) is 2.60. The molecule has 2 aromatic carbocycles. The molecule has 0 bridgehead atoms. The molecular weight excluding hydrogens is 350 g/mol. The summed E-state index contributed by atoms with van der Waals surface area (Å²) in [6.45, 7) is 6.55. The first-order valence-corrected chi connectivity index (χ1v) is 10.4. The number of ketones is 1. The Morgan fingerprint density at radius 3 is 2.35 bits per heavy atom. The van der Waals surface area contributed by atoms with Gasteiger partial charge in [-0.25, -0.2) is 8.42 Å². The highest BCUT2D eigenvalue weighted by Gasteiger charge is 2.12. The lowest BCUT2D eigenvalue weighted by Crippen LogP contribution is -2.19. The number of sulfone groups is 1. The lowest BCUT2D eigenvalue weighted by atomic mass is 10.1. The second-order valence-electron chi connectivity index (χ2n) is 6.26. The van der Waals surface area contributed by atoms with Crippen molar-refractivity contribution in [1.82, 2.24) is 5.32 Å². The van der Waals surface area contributed by atoms with E-state index in [1.54, 1.807) is 25.1 Å². The zero-order chi connectivity index (χ0) is 19.3. The minimum Gasteiger partial charge on any atom is -0.494 e. The van der Waals surface area contributed by atoms with Gasteiger partial charge in [0.15, 0.2) is 15.6 Å². The largest absolute Gasteiger partial charge is 0.494 e. The molecule has 6 heteroatoms. The molecule has 0 heterocycles. The molecule has 140 valence electrons. The first-order chi connectivity index (χ1) is 12.2. The fraction of sp³-hybridized carbons (Fsp3) is 0.350. The highest BCUT2D eigenvalue weighted by molar-refractivity contribution is 7.90. The SMILES string of the molecule is CCOc1ccc(C(C)=O)cc1CN[C@H](C)c1ccc(S(C)(=O)=O)cc1. The summed E-state index contributed by atoms with van der Waals surface area (Å²) < 4.78 is 28.8. The Kier molecular flexibility index (Phi) is 6.56. The molecule has 0 saturated heterocycles. The topological polar surface area (TPSA) is 72.5 Å². The molecule has 2 aromatic rings. The molecule has 1 N–H and O–H groups in total. The van der Waals surface area contributed by atoms with E-state index in [2.05, 4.69) is 5.32 Å². The predicted octanol–water partition coefficient (Wildman–Crippen LogP) is 3.54. The van der Waals surface area contributed by atoms with Crippen LogP contribution in [0.1, 0.15) is 48.3 Å². The molecule has 2 rings (SSSR count). The Morgan fingerprint density at radius 2 is 1.81 bits per heavy atom. The number of hydrogen-bond acceptors (Lipinski definition) is 5. The van der Waals surface area contributed by atoms with Gasteiger partial charge in [-0.2, -0.15) is 0 Å². The summed E-state index contributed by atoms with van der Waals surface area (Å²) in [5, 5.41) is 3.40. The van der Waals surface area contributed by atoms with E-state index in [0.29, 0.717) is 23.6 Å². The number of hydrogen-bond donors (Lipinski definition) is 1. The van der Waals surface area contributed by atoms with Crippen molar-refractivity contribution in [2.75, 3.05) is 12.9 Å². The Labute approximate surface area is 155 Å². The van der Waals surface area contributed by atoms with Gasteiger partial charge in [-0.15, -0.1) is 0 Å². The van der Waals surface area contributed by atoms with Crippen molar-refractivity contribution in [3.8, 4) is 5.75 Å². The van der Waals surface area contributed by atoms with E-state index in [1.807, 2.05) is 38.1 Å². The molecule has 0 aliphatic heterocycles. The quantitative estimate of drug-likeness (QED) is 0.715. The fourth-order valence-corrected chi connectivity index (χ4v) is 3.25. The van der Waals surface area contributed by atoms with E-state index in [1.165, 1.54) is 6.26 Å². The monoisotopic (exact) mass is 375 g/mol. The van der Waals surface area contributed by atoms with E-state index in [9.17, 15) is 13.2 Å². The molecule has 0 amide bonds. The normalized spacial score (nSPS) is 12.6. The van der Waals surface area contributed by atoms with Crippen molar-refractivity contribution in [2.24, 2.45) is 0 Å². The van der Waals surface area contributed by atoms with Gasteiger partial charge in [-0.1, -0.05) is 12.1 Å². The minimum atomic E-state index is -3.19. The zero-order valence-corrected chi connectivity index (χ0v) is 16.4. The van der Waals surface area contributed by atoms with Gasteiger partial charge in [0.1, 0.15) is 5.75 Å². The third-order valence-corrected chi connectivity index (χ3v) is 5.30. The van der Waals surface area contributed by atoms with Gasteiger partial charge in [0.2, 0.25) is 0 Å². The lowest BCUT2D eigenvalue weighted by molar-refractivity contribution is 0.101. The molecular formula is C20H25NO4S. The van der Waals surface area contributed by atoms with Gasteiger partial charge in [-0.05, 0) is 56.7 Å². The van der Waals surface area contributed by atoms with Gasteiger partial charge in [-0.3, -0.25) is 4.79 Å². The average molecular weight is 375 g/mol. The fourth-order valence-electron chi connectivity index (χ4n) is 2.62. The second-order valence-corrected chi connectivity index (χ2v) is 8.27. The van der Waals surface area contributed by atoms with Crippen molar-refractivity contribution in [3.05, 3.63) is 59.2 Å². The summed E-state index contributed by atoms with van der Waals surface area (Å²) >= 11 is 0. The van der Waals surface area contributed by atoms with Gasteiger partial charge in [0.05, 0.1) is 11.5 Å². The van der Waals surface area contributed by atoms with Crippen LogP contribution in [0.3, 0.4) is 0 Å². The third-order valence-electron chi connectivity index (χ3n) is 4.17. The smallest absolute Gasteiger partial charge is 0.175 e. The molecule has 0 fully saturated rings. The van der Waals surface area contributed by atoms with Crippen LogP contribution < -0.4 is 10.1 Å². The van der Waals surface area contributed by atoms with Gasteiger partial charge >= 0.3 is 0 Å². The first-order valence-electron chi connectivity index (χ1n) is 8.52. The zero-order valence-electron chi connectivity index (χ0n) is 15.6. The minimum absolute atomic E-state index is 0.0127. The number of nitrogens with one attached hydrogen (secondary N) is 1. The molecule has 0 aliphatic carbocycles. The van der Waals surface area contributed by atoms with Crippen LogP contribution in [-0.4, -0.2) is 27.1 Å². The highest BCUT2D eigenvalue weighted by Crippen LogP contribution is 2.23. The van der Waals surface area contributed by atoms with Crippen LogP contribution >= 0.6 is 0 Å². The summed E-state index contributed by atoms with van der Waals surface area (Å²) in [7, 11) is -3.19. The van der Waals surface area contributed by atoms with Crippen LogP contribution in [0.25, 0.3) is 0 Å². The Hall–Kier alpha value is -2.18. The van der Waals surface area contributed by atoms with Crippen molar-refractivity contribution in [1.29, 1.82) is 0 Å². The van der Waals surface area contributed by atoms with Crippen molar-refractivity contribution < 1.29 is 17.9 Å². The van der Waals surface area contributed by atoms with Crippen molar-refractivity contribution in [2.45, 2.75) is 38.3 Å². The van der Waals surface area contributed by atoms with Crippen LogP contribution in [0.2, 0.25) is 0 Å². The summed E-state index contributed by atoms with van der Waals surface area (Å²) in [5.41, 5.74) is 2.55. The van der Waals surface area contributed by atoms with E-state index < -0.39 is 9.84 Å². The van der Waals surface area contributed by atoms with Crippen LogP contribution in [0, 0.1) is 0 Å². The van der Waals surface area contributed by atoms with E-state index in [0.717, 1.165) is 16.9 Å². The maximum Gasteiger partial charge on any atom is 0.175 e. The number of carbonyl (C=O) groups is 1. The molecule has 0 aliphatic rings. The number of rotatable bonds is 8. The number of benzene rings is 2. The van der Waals surface area contributed by atoms with E-state index in [4.69, 9.17) is 4.74 Å². The lowest BCUT2D eigenvalue weighted by Gasteiger charge is -2.17. The van der Waals surface area contributed by atoms with E-state index in [-0.39, 0.29) is 11.8 Å². The summed E-state index contributed by atoms with van der Waals surface area (Å²) in [5.74, 6) is 0.767. The van der Waals surface area contributed by atoms with Gasteiger partial charge < -0.3 is 10.1 Å². The Balaban J connectivity index is 2.14. The number of ether oxygens (including phenoxy) is 1. The summed E-state index contributed by atoms with van der Waals surface area (Å²) in [6, 6.07) is 12.3. The molecule has 26 heavy (non-hydrogen) atoms. The Morgan fingerprint density at radius 1 is 1.15 bits per heavy atom. The van der Waals surface area contributed by atoms with Crippen molar-refractivity contribution >= 4 is 15.6 Å². The molecule has 0 aromatic heterocycles. The van der Waals surface area contributed by atoms with Crippen LogP contribution in [0.4, 0.5) is 0 Å². The molecule has 0 saturated carbocycles. The number of Topliss-reactive ketones (excluding diaryl/α,β-unsaturated/α-hetero) is 1. The van der Waals surface area contributed by atoms with Crippen LogP contribution in [0.15, 0.2) is 47.4 Å². The first kappa shape index (κ1) is 20.1. The third kappa shape index (κ3) is 5.16. The molecule has 5 nitrogen and oxygen atoms in total. The predicted molar refractivity (Wildman–Crippen MR) is 102 cm³/mol. The Bertz CT molecular complexity index is 873. The van der Waals surface area contributed by atoms with Crippen LogP contribution in [-0.2, 0) is 16.4 Å². The summed E-state index contributed by atoms with van der Waals surface area (Å²) in [4.78, 5) is 11.9. The molecule has 0 spiro atoms. The molecule has 1 atom stereocenters. The van der Waals surface area contributed by atoms with Gasteiger partial charge in [0.25, 0.3) is 0 Å². The van der Waals surface area contributed by atoms with Crippen LogP contribution in [0.5, 0.6) is 5.75 Å². The number of carbonyl (C=O) groups excluding carboxylic acids is 1.